The number of ether oxygens (including phenoxy) is 1. The highest BCUT2D eigenvalue weighted by atomic mass is 79.9. The Labute approximate surface area is 99.4 Å². The fourth-order valence-corrected chi connectivity index (χ4v) is 2.54. The zero-order chi connectivity index (χ0) is 11.8. The number of hydrogen-bond acceptors (Lipinski definition) is 2. The highest BCUT2D eigenvalue weighted by Crippen LogP contribution is 2.39. The number of aliphatic hydroxyl groups is 1. The van der Waals surface area contributed by atoms with Gasteiger partial charge in [-0.05, 0) is 54.8 Å². The van der Waals surface area contributed by atoms with E-state index in [2.05, 4.69) is 15.9 Å². The van der Waals surface area contributed by atoms with E-state index in [1.54, 1.807) is 21.0 Å². The van der Waals surface area contributed by atoms with Crippen LogP contribution in [0.5, 0.6) is 5.75 Å². The molecule has 0 aliphatic rings. The van der Waals surface area contributed by atoms with Crippen molar-refractivity contribution in [1.29, 1.82) is 0 Å². The zero-order valence-electron chi connectivity index (χ0n) is 9.81. The molecule has 84 valence electrons. The average Bonchev–Trinajstić information content (AvgIpc) is 2.08. The summed E-state index contributed by atoms with van der Waals surface area (Å²) in [7, 11) is 1.62. The van der Waals surface area contributed by atoms with Crippen molar-refractivity contribution in [2.24, 2.45) is 0 Å². The molecule has 2 nitrogen and oxygen atoms in total. The molecule has 0 amide bonds. The van der Waals surface area contributed by atoms with E-state index in [1.165, 1.54) is 0 Å². The second-order valence-corrected chi connectivity index (χ2v) is 5.08. The Morgan fingerprint density at radius 1 is 1.27 bits per heavy atom. The van der Waals surface area contributed by atoms with Crippen LogP contribution in [0.1, 0.15) is 30.5 Å². The van der Waals surface area contributed by atoms with Gasteiger partial charge in [0.05, 0.1) is 12.7 Å². The van der Waals surface area contributed by atoms with E-state index in [4.69, 9.17) is 4.74 Å². The molecule has 15 heavy (non-hydrogen) atoms. The van der Waals surface area contributed by atoms with Crippen LogP contribution < -0.4 is 4.74 Å². The molecule has 0 bridgehead atoms. The Kier molecular flexibility index (Phi) is 3.46. The Bertz CT molecular complexity index is 378. The maximum Gasteiger partial charge on any atom is 0.128 e. The molecule has 3 heteroatoms. The van der Waals surface area contributed by atoms with Crippen molar-refractivity contribution in [3.63, 3.8) is 0 Å². The van der Waals surface area contributed by atoms with Crippen molar-refractivity contribution in [1.82, 2.24) is 0 Å². The lowest BCUT2D eigenvalue weighted by Crippen LogP contribution is -2.18. The van der Waals surface area contributed by atoms with Gasteiger partial charge in [0.2, 0.25) is 0 Å². The van der Waals surface area contributed by atoms with Gasteiger partial charge < -0.3 is 9.84 Å². The smallest absolute Gasteiger partial charge is 0.128 e. The molecule has 0 spiro atoms. The highest BCUT2D eigenvalue weighted by molar-refractivity contribution is 9.10. The number of hydrogen-bond donors (Lipinski definition) is 1. The number of rotatable bonds is 2. The summed E-state index contributed by atoms with van der Waals surface area (Å²) in [5.41, 5.74) is 2.03. The van der Waals surface area contributed by atoms with Gasteiger partial charge in [0, 0.05) is 10.0 Å². The molecule has 0 fully saturated rings. The van der Waals surface area contributed by atoms with Crippen LogP contribution in [-0.2, 0) is 5.60 Å². The normalized spacial score (nSPS) is 11.7. The maximum atomic E-state index is 10.1. The summed E-state index contributed by atoms with van der Waals surface area (Å²) < 4.78 is 6.26. The fraction of sp³-hybridized carbons (Fsp3) is 0.500. The third-order valence-corrected chi connectivity index (χ3v) is 3.42. The summed E-state index contributed by atoms with van der Waals surface area (Å²) in [4.78, 5) is 0. The minimum atomic E-state index is -0.916. The molecule has 0 saturated carbocycles. The van der Waals surface area contributed by atoms with Crippen molar-refractivity contribution < 1.29 is 9.84 Å². The first-order valence-corrected chi connectivity index (χ1v) is 5.65. The molecule has 1 aromatic rings. The van der Waals surface area contributed by atoms with Crippen LogP contribution in [0.25, 0.3) is 0 Å². The van der Waals surface area contributed by atoms with Crippen molar-refractivity contribution in [3.8, 4) is 5.75 Å². The lowest BCUT2D eigenvalue weighted by atomic mass is 9.93. The van der Waals surface area contributed by atoms with Crippen LogP contribution in [0, 0.1) is 13.8 Å². The van der Waals surface area contributed by atoms with Crippen LogP contribution in [0.3, 0.4) is 0 Å². The second-order valence-electron chi connectivity index (χ2n) is 4.29. The van der Waals surface area contributed by atoms with Gasteiger partial charge in [-0.2, -0.15) is 0 Å². The first kappa shape index (κ1) is 12.5. The molecule has 0 aliphatic heterocycles. The summed E-state index contributed by atoms with van der Waals surface area (Å²) in [6, 6.07) is 2.04. The van der Waals surface area contributed by atoms with Crippen LogP contribution in [0.2, 0.25) is 0 Å². The lowest BCUT2D eigenvalue weighted by Gasteiger charge is -2.25. The van der Waals surface area contributed by atoms with E-state index >= 15 is 0 Å². The Morgan fingerprint density at radius 3 is 2.20 bits per heavy atom. The lowest BCUT2D eigenvalue weighted by molar-refractivity contribution is 0.0746. The monoisotopic (exact) mass is 272 g/mol. The number of aryl methyl sites for hydroxylation is 2. The number of halogens is 1. The minimum Gasteiger partial charge on any atom is -0.496 e. The Balaban J connectivity index is 3.59. The van der Waals surface area contributed by atoms with E-state index in [1.807, 2.05) is 19.9 Å². The molecule has 0 unspecified atom stereocenters. The number of benzene rings is 1. The Hall–Kier alpha value is -0.540. The predicted octanol–water partition coefficient (Wildman–Crippen LogP) is 3.30. The average molecular weight is 273 g/mol. The van der Waals surface area contributed by atoms with E-state index < -0.39 is 5.60 Å². The van der Waals surface area contributed by atoms with Gasteiger partial charge in [0.15, 0.2) is 0 Å². The molecule has 0 saturated heterocycles. The van der Waals surface area contributed by atoms with E-state index in [0.717, 1.165) is 26.9 Å². The van der Waals surface area contributed by atoms with Crippen LogP contribution in [-0.4, -0.2) is 12.2 Å². The number of methoxy groups -OCH3 is 1. The molecule has 1 aromatic carbocycles. The first-order chi connectivity index (χ1) is 6.79. The van der Waals surface area contributed by atoms with E-state index in [-0.39, 0.29) is 0 Å². The van der Waals surface area contributed by atoms with E-state index in [9.17, 15) is 5.11 Å². The second kappa shape index (κ2) is 4.14. The maximum absolute atomic E-state index is 10.1. The summed E-state index contributed by atoms with van der Waals surface area (Å²) in [6.07, 6.45) is 0. The summed E-state index contributed by atoms with van der Waals surface area (Å²) >= 11 is 3.50. The van der Waals surface area contributed by atoms with Gasteiger partial charge in [-0.15, -0.1) is 0 Å². The van der Waals surface area contributed by atoms with Crippen LogP contribution >= 0.6 is 15.9 Å². The van der Waals surface area contributed by atoms with Gasteiger partial charge in [-0.25, -0.2) is 0 Å². The SMILES string of the molecule is COc1c(C)cc(C)c(Br)c1C(C)(C)O. The molecular weight excluding hydrogens is 256 g/mol. The van der Waals surface area contributed by atoms with Gasteiger partial charge in [0.25, 0.3) is 0 Å². The molecule has 0 atom stereocenters. The van der Waals surface area contributed by atoms with Crippen molar-refractivity contribution >= 4 is 15.9 Å². The summed E-state index contributed by atoms with van der Waals surface area (Å²) in [5.74, 6) is 0.750. The van der Waals surface area contributed by atoms with Crippen molar-refractivity contribution in [3.05, 3.63) is 27.2 Å². The predicted molar refractivity (Wildman–Crippen MR) is 65.4 cm³/mol. The molecule has 0 aliphatic carbocycles. The van der Waals surface area contributed by atoms with Gasteiger partial charge in [-0.1, -0.05) is 6.07 Å². The first-order valence-electron chi connectivity index (χ1n) is 4.85. The third kappa shape index (κ3) is 2.34. The largest absolute Gasteiger partial charge is 0.496 e. The standard InChI is InChI=1S/C12H17BrO2/c1-7-6-8(2)11(15-5)9(10(7)13)12(3,4)14/h6,14H,1-5H3. The molecule has 0 aromatic heterocycles. The van der Waals surface area contributed by atoms with Crippen LogP contribution in [0.15, 0.2) is 10.5 Å². The topological polar surface area (TPSA) is 29.5 Å². The van der Waals surface area contributed by atoms with Gasteiger partial charge in [-0.3, -0.25) is 0 Å². The zero-order valence-corrected chi connectivity index (χ0v) is 11.4. The summed E-state index contributed by atoms with van der Waals surface area (Å²) in [6.45, 7) is 7.50. The minimum absolute atomic E-state index is 0.750. The Morgan fingerprint density at radius 2 is 1.80 bits per heavy atom. The molecule has 0 radical (unpaired) electrons. The molecular formula is C12H17BrO2. The highest BCUT2D eigenvalue weighted by Gasteiger charge is 2.26. The molecule has 1 N–H and O–H groups in total. The molecule has 1 rings (SSSR count). The molecule has 0 heterocycles. The van der Waals surface area contributed by atoms with Gasteiger partial charge >= 0.3 is 0 Å². The van der Waals surface area contributed by atoms with Crippen LogP contribution in [0.4, 0.5) is 0 Å². The quantitative estimate of drug-likeness (QED) is 0.895. The van der Waals surface area contributed by atoms with Crippen molar-refractivity contribution in [2.75, 3.05) is 7.11 Å². The van der Waals surface area contributed by atoms with E-state index in [0.29, 0.717) is 0 Å². The summed E-state index contributed by atoms with van der Waals surface area (Å²) in [5, 5.41) is 10.1. The fourth-order valence-electron chi connectivity index (χ4n) is 1.76. The third-order valence-electron chi connectivity index (χ3n) is 2.40. The van der Waals surface area contributed by atoms with Crippen molar-refractivity contribution in [2.45, 2.75) is 33.3 Å². The van der Waals surface area contributed by atoms with Gasteiger partial charge in [0.1, 0.15) is 5.75 Å².